The van der Waals surface area contributed by atoms with Crippen LogP contribution in [0.5, 0.6) is 0 Å². The van der Waals surface area contributed by atoms with Crippen molar-refractivity contribution in [2.24, 2.45) is 28.4 Å². The first-order chi connectivity index (χ1) is 5.64. The van der Waals surface area contributed by atoms with Crippen molar-refractivity contribution in [1.29, 1.82) is 0 Å². The molecule has 0 aliphatic heterocycles. The standard InChI is InChI=1S/C12H27N/c1-9(8-13)12(6,7)10(2)11(3,4)5/h9-10H,8,13H2,1-7H3. The Kier molecular flexibility index (Phi) is 3.98. The fraction of sp³-hybridized carbons (Fsp3) is 1.00. The van der Waals surface area contributed by atoms with Crippen LogP contribution >= 0.6 is 0 Å². The van der Waals surface area contributed by atoms with Crippen LogP contribution in [0.3, 0.4) is 0 Å². The van der Waals surface area contributed by atoms with Gasteiger partial charge in [-0.2, -0.15) is 0 Å². The van der Waals surface area contributed by atoms with Crippen molar-refractivity contribution >= 4 is 0 Å². The Balaban J connectivity index is 4.63. The van der Waals surface area contributed by atoms with Gasteiger partial charge in [0.25, 0.3) is 0 Å². The molecule has 80 valence electrons. The Morgan fingerprint density at radius 1 is 1.00 bits per heavy atom. The first kappa shape index (κ1) is 13.0. The summed E-state index contributed by atoms with van der Waals surface area (Å²) in [5.41, 5.74) is 6.43. The van der Waals surface area contributed by atoms with Gasteiger partial charge in [-0.3, -0.25) is 0 Å². The molecular formula is C12H27N. The summed E-state index contributed by atoms with van der Waals surface area (Å²) in [4.78, 5) is 0. The lowest BCUT2D eigenvalue weighted by molar-refractivity contribution is 0.0558. The van der Waals surface area contributed by atoms with Crippen LogP contribution in [0.4, 0.5) is 0 Å². The molecular weight excluding hydrogens is 158 g/mol. The summed E-state index contributed by atoms with van der Waals surface area (Å²) in [5.74, 6) is 1.26. The Bertz CT molecular complexity index is 153. The van der Waals surface area contributed by atoms with Gasteiger partial charge >= 0.3 is 0 Å². The van der Waals surface area contributed by atoms with Crippen molar-refractivity contribution < 1.29 is 0 Å². The van der Waals surface area contributed by atoms with E-state index in [1.165, 1.54) is 0 Å². The third-order valence-electron chi connectivity index (χ3n) is 4.04. The van der Waals surface area contributed by atoms with Crippen LogP contribution in [0.1, 0.15) is 48.5 Å². The first-order valence-corrected chi connectivity index (χ1v) is 5.34. The maximum Gasteiger partial charge on any atom is -0.00463 e. The molecule has 0 amide bonds. The largest absolute Gasteiger partial charge is 0.330 e. The van der Waals surface area contributed by atoms with Crippen LogP contribution in [0, 0.1) is 22.7 Å². The molecule has 0 radical (unpaired) electrons. The summed E-state index contributed by atoms with van der Waals surface area (Å²) < 4.78 is 0. The lowest BCUT2D eigenvalue weighted by Crippen LogP contribution is -2.39. The Morgan fingerprint density at radius 3 is 1.62 bits per heavy atom. The first-order valence-electron chi connectivity index (χ1n) is 5.34. The topological polar surface area (TPSA) is 26.0 Å². The van der Waals surface area contributed by atoms with Crippen LogP contribution in [0.25, 0.3) is 0 Å². The minimum atomic E-state index is 0.326. The molecule has 0 aromatic heterocycles. The van der Waals surface area contributed by atoms with Gasteiger partial charge in [-0.05, 0) is 29.2 Å². The monoisotopic (exact) mass is 185 g/mol. The van der Waals surface area contributed by atoms with Crippen molar-refractivity contribution in [1.82, 2.24) is 0 Å². The van der Waals surface area contributed by atoms with Crippen molar-refractivity contribution in [2.75, 3.05) is 6.54 Å². The predicted octanol–water partition coefficient (Wildman–Crippen LogP) is 3.29. The number of rotatable bonds is 3. The van der Waals surface area contributed by atoms with Crippen molar-refractivity contribution in [3.05, 3.63) is 0 Å². The van der Waals surface area contributed by atoms with Gasteiger partial charge in [0, 0.05) is 0 Å². The van der Waals surface area contributed by atoms with Gasteiger partial charge in [0.1, 0.15) is 0 Å². The van der Waals surface area contributed by atoms with E-state index >= 15 is 0 Å². The van der Waals surface area contributed by atoms with Crippen molar-refractivity contribution in [2.45, 2.75) is 48.5 Å². The highest BCUT2D eigenvalue weighted by molar-refractivity contribution is 4.87. The highest BCUT2D eigenvalue weighted by Gasteiger charge is 2.37. The third kappa shape index (κ3) is 2.98. The molecule has 2 unspecified atom stereocenters. The minimum Gasteiger partial charge on any atom is -0.330 e. The molecule has 0 rings (SSSR count). The van der Waals surface area contributed by atoms with Crippen LogP contribution in [-0.2, 0) is 0 Å². The summed E-state index contributed by atoms with van der Waals surface area (Å²) in [5, 5.41) is 0. The van der Waals surface area contributed by atoms with Crippen LogP contribution in [-0.4, -0.2) is 6.54 Å². The highest BCUT2D eigenvalue weighted by Crippen LogP contribution is 2.44. The summed E-state index contributed by atoms with van der Waals surface area (Å²) in [6.45, 7) is 17.0. The van der Waals surface area contributed by atoms with E-state index in [1.54, 1.807) is 0 Å². The second-order valence-electron chi connectivity index (χ2n) is 6.05. The van der Waals surface area contributed by atoms with Gasteiger partial charge < -0.3 is 5.73 Å². The molecule has 0 aliphatic carbocycles. The molecule has 2 N–H and O–H groups in total. The smallest absolute Gasteiger partial charge is 0.00463 e. The summed E-state index contributed by atoms with van der Waals surface area (Å²) >= 11 is 0. The molecule has 0 aromatic carbocycles. The Morgan fingerprint density at radius 2 is 1.38 bits per heavy atom. The molecule has 0 spiro atoms. The van der Waals surface area contributed by atoms with Crippen LogP contribution in [0.15, 0.2) is 0 Å². The fourth-order valence-electron chi connectivity index (χ4n) is 1.85. The summed E-state index contributed by atoms with van der Waals surface area (Å²) in [7, 11) is 0. The van der Waals surface area contributed by atoms with E-state index < -0.39 is 0 Å². The van der Waals surface area contributed by atoms with E-state index in [2.05, 4.69) is 48.5 Å². The van der Waals surface area contributed by atoms with Gasteiger partial charge in [-0.1, -0.05) is 48.5 Å². The number of hydrogen-bond donors (Lipinski definition) is 1. The van der Waals surface area contributed by atoms with E-state index in [0.717, 1.165) is 6.54 Å². The zero-order valence-corrected chi connectivity index (χ0v) is 10.4. The highest BCUT2D eigenvalue weighted by atomic mass is 14.6. The summed E-state index contributed by atoms with van der Waals surface area (Å²) in [6, 6.07) is 0. The number of nitrogens with two attached hydrogens (primary N) is 1. The van der Waals surface area contributed by atoms with Gasteiger partial charge in [0.05, 0.1) is 0 Å². The minimum absolute atomic E-state index is 0.326. The van der Waals surface area contributed by atoms with E-state index in [1.807, 2.05) is 0 Å². The Hall–Kier alpha value is -0.0400. The predicted molar refractivity (Wildman–Crippen MR) is 60.6 cm³/mol. The van der Waals surface area contributed by atoms with Gasteiger partial charge in [0.15, 0.2) is 0 Å². The summed E-state index contributed by atoms with van der Waals surface area (Å²) in [6.07, 6.45) is 0. The molecule has 1 nitrogen and oxygen atoms in total. The van der Waals surface area contributed by atoms with Gasteiger partial charge in [-0.15, -0.1) is 0 Å². The average Bonchev–Trinajstić information content (AvgIpc) is 1.99. The lowest BCUT2D eigenvalue weighted by atomic mass is 9.62. The molecule has 0 saturated heterocycles. The van der Waals surface area contributed by atoms with Gasteiger partial charge in [-0.25, -0.2) is 0 Å². The zero-order valence-electron chi connectivity index (χ0n) is 10.4. The normalized spacial score (nSPS) is 18.5. The second-order valence-corrected chi connectivity index (χ2v) is 6.05. The molecule has 0 heterocycles. The molecule has 0 aliphatic rings. The van der Waals surface area contributed by atoms with E-state index in [4.69, 9.17) is 5.73 Å². The van der Waals surface area contributed by atoms with E-state index in [9.17, 15) is 0 Å². The molecule has 2 atom stereocenters. The maximum absolute atomic E-state index is 5.74. The van der Waals surface area contributed by atoms with E-state index in [0.29, 0.717) is 22.7 Å². The van der Waals surface area contributed by atoms with Crippen molar-refractivity contribution in [3.8, 4) is 0 Å². The second kappa shape index (κ2) is 4.00. The zero-order chi connectivity index (χ0) is 10.9. The lowest BCUT2D eigenvalue weighted by Gasteiger charge is -2.44. The van der Waals surface area contributed by atoms with E-state index in [-0.39, 0.29) is 0 Å². The van der Waals surface area contributed by atoms with Gasteiger partial charge in [0.2, 0.25) is 0 Å². The van der Waals surface area contributed by atoms with Crippen molar-refractivity contribution in [3.63, 3.8) is 0 Å². The molecule has 0 aromatic rings. The average molecular weight is 185 g/mol. The number of hydrogen-bond acceptors (Lipinski definition) is 1. The Labute approximate surface area is 84.1 Å². The quantitative estimate of drug-likeness (QED) is 0.717. The SMILES string of the molecule is CC(CN)C(C)(C)C(C)C(C)(C)C. The third-order valence-corrected chi connectivity index (χ3v) is 4.04. The maximum atomic E-state index is 5.74. The molecule has 0 saturated carbocycles. The van der Waals surface area contributed by atoms with Crippen LogP contribution in [0.2, 0.25) is 0 Å². The molecule has 0 fully saturated rings. The molecule has 0 bridgehead atoms. The van der Waals surface area contributed by atoms with Crippen LogP contribution < -0.4 is 5.73 Å². The molecule has 13 heavy (non-hydrogen) atoms. The fourth-order valence-corrected chi connectivity index (χ4v) is 1.85. The molecule has 1 heteroatoms.